The van der Waals surface area contributed by atoms with Crippen molar-refractivity contribution in [2.24, 2.45) is 0 Å². The fourth-order valence-corrected chi connectivity index (χ4v) is 4.58. The highest BCUT2D eigenvalue weighted by Crippen LogP contribution is 2.20. The predicted molar refractivity (Wildman–Crippen MR) is 94.9 cm³/mol. The molecule has 0 spiro atoms. The van der Waals surface area contributed by atoms with Crippen LogP contribution in [0.5, 0.6) is 0 Å². The van der Waals surface area contributed by atoms with Gasteiger partial charge in [-0.15, -0.1) is 0 Å². The van der Waals surface area contributed by atoms with Crippen LogP contribution in [0.4, 0.5) is 5.95 Å². The molecule has 1 N–H and O–H groups in total. The Balaban J connectivity index is 1.77. The van der Waals surface area contributed by atoms with Crippen LogP contribution >= 0.6 is 0 Å². The summed E-state index contributed by atoms with van der Waals surface area (Å²) >= 11 is 0. The van der Waals surface area contributed by atoms with Gasteiger partial charge in [0.1, 0.15) is 4.90 Å². The second kappa shape index (κ2) is 7.09. The van der Waals surface area contributed by atoms with E-state index in [0.29, 0.717) is 29.6 Å². The van der Waals surface area contributed by atoms with Crippen LogP contribution in [-0.4, -0.2) is 41.3 Å². The molecule has 1 fully saturated rings. The second-order valence-electron chi connectivity index (χ2n) is 6.18. The summed E-state index contributed by atoms with van der Waals surface area (Å²) in [7, 11) is -3.65. The molecular formula is C16H24N6O2S. The molecule has 9 heteroatoms. The van der Waals surface area contributed by atoms with Gasteiger partial charge in [0.15, 0.2) is 0 Å². The van der Waals surface area contributed by atoms with Crippen LogP contribution in [0.15, 0.2) is 17.2 Å². The highest BCUT2D eigenvalue weighted by molar-refractivity contribution is 7.89. The molecule has 1 saturated heterocycles. The largest absolute Gasteiger partial charge is 0.341 e. The molecule has 3 heterocycles. The normalized spacial score (nSPS) is 15.1. The van der Waals surface area contributed by atoms with E-state index in [-0.39, 0.29) is 11.4 Å². The molecule has 0 unspecified atom stereocenters. The molecule has 0 amide bonds. The molecule has 0 atom stereocenters. The maximum Gasteiger partial charge on any atom is 0.244 e. The van der Waals surface area contributed by atoms with Gasteiger partial charge in [0, 0.05) is 25.8 Å². The van der Waals surface area contributed by atoms with Gasteiger partial charge in [-0.1, -0.05) is 0 Å². The van der Waals surface area contributed by atoms with E-state index < -0.39 is 10.0 Å². The highest BCUT2D eigenvalue weighted by atomic mass is 32.2. The number of anilines is 1. The number of aryl methyl sites for hydroxylation is 2. The molecule has 0 bridgehead atoms. The standard InChI is InChI=1S/C16H24N6O2S/c1-4-22-13(3)15(12(2)20-22)25(23,24)18-11-14-7-8-17-16(19-14)21-9-5-6-10-21/h7-8,18H,4-6,9-11H2,1-3H3. The summed E-state index contributed by atoms with van der Waals surface area (Å²) in [6, 6.07) is 1.73. The number of hydrogen-bond acceptors (Lipinski definition) is 6. The van der Waals surface area contributed by atoms with Crippen molar-refractivity contribution in [3.63, 3.8) is 0 Å². The Morgan fingerprint density at radius 1 is 1.24 bits per heavy atom. The number of sulfonamides is 1. The Morgan fingerprint density at radius 2 is 1.96 bits per heavy atom. The summed E-state index contributed by atoms with van der Waals surface area (Å²) in [4.78, 5) is 11.2. The molecule has 25 heavy (non-hydrogen) atoms. The van der Waals surface area contributed by atoms with E-state index in [0.717, 1.165) is 25.9 Å². The molecule has 2 aromatic heterocycles. The van der Waals surface area contributed by atoms with Crippen LogP contribution in [0, 0.1) is 13.8 Å². The SMILES string of the molecule is CCn1nc(C)c(S(=O)(=O)NCc2ccnc(N3CCCC3)n2)c1C. The fraction of sp³-hybridized carbons (Fsp3) is 0.562. The average molecular weight is 364 g/mol. The van der Waals surface area contributed by atoms with E-state index in [1.807, 2.05) is 6.92 Å². The second-order valence-corrected chi connectivity index (χ2v) is 7.89. The zero-order valence-corrected chi connectivity index (χ0v) is 15.7. The summed E-state index contributed by atoms with van der Waals surface area (Å²) in [6.45, 7) is 8.07. The van der Waals surface area contributed by atoms with E-state index in [9.17, 15) is 8.42 Å². The van der Waals surface area contributed by atoms with Crippen LogP contribution in [0.3, 0.4) is 0 Å². The summed E-state index contributed by atoms with van der Waals surface area (Å²) in [5.74, 6) is 0.667. The lowest BCUT2D eigenvalue weighted by Gasteiger charge is -2.15. The number of hydrogen-bond donors (Lipinski definition) is 1. The van der Waals surface area contributed by atoms with Gasteiger partial charge in [-0.25, -0.2) is 23.1 Å². The van der Waals surface area contributed by atoms with Gasteiger partial charge in [-0.3, -0.25) is 4.68 Å². The van der Waals surface area contributed by atoms with E-state index in [4.69, 9.17) is 0 Å². The minimum Gasteiger partial charge on any atom is -0.341 e. The maximum absolute atomic E-state index is 12.7. The smallest absolute Gasteiger partial charge is 0.244 e. The third-order valence-corrected chi connectivity index (χ3v) is 6.07. The Bertz CT molecular complexity index is 856. The van der Waals surface area contributed by atoms with E-state index in [1.54, 1.807) is 30.8 Å². The molecule has 1 aliphatic rings. The lowest BCUT2D eigenvalue weighted by atomic mass is 10.4. The minimum atomic E-state index is -3.65. The molecule has 2 aromatic rings. The molecule has 8 nitrogen and oxygen atoms in total. The van der Waals surface area contributed by atoms with Crippen molar-refractivity contribution in [3.05, 3.63) is 29.3 Å². The topological polar surface area (TPSA) is 93.0 Å². The van der Waals surface area contributed by atoms with Crippen LogP contribution in [0.25, 0.3) is 0 Å². The highest BCUT2D eigenvalue weighted by Gasteiger charge is 2.24. The summed E-state index contributed by atoms with van der Waals surface area (Å²) in [5.41, 5.74) is 1.80. The summed E-state index contributed by atoms with van der Waals surface area (Å²) < 4.78 is 29.7. The molecule has 0 radical (unpaired) electrons. The van der Waals surface area contributed by atoms with E-state index in [1.165, 1.54) is 0 Å². The lowest BCUT2D eigenvalue weighted by Crippen LogP contribution is -2.26. The van der Waals surface area contributed by atoms with Crippen molar-refractivity contribution in [1.82, 2.24) is 24.5 Å². The third kappa shape index (κ3) is 3.67. The number of aromatic nitrogens is 4. The van der Waals surface area contributed by atoms with E-state index in [2.05, 4.69) is 24.7 Å². The summed E-state index contributed by atoms with van der Waals surface area (Å²) in [6.07, 6.45) is 3.95. The molecule has 3 rings (SSSR count). The molecule has 0 aliphatic carbocycles. The molecule has 1 aliphatic heterocycles. The van der Waals surface area contributed by atoms with Crippen molar-refractivity contribution in [2.75, 3.05) is 18.0 Å². The third-order valence-electron chi connectivity index (χ3n) is 4.42. The Morgan fingerprint density at radius 3 is 2.60 bits per heavy atom. The fourth-order valence-electron chi connectivity index (χ4n) is 3.17. The van der Waals surface area contributed by atoms with Gasteiger partial charge >= 0.3 is 0 Å². The van der Waals surface area contributed by atoms with Crippen LogP contribution in [0.2, 0.25) is 0 Å². The van der Waals surface area contributed by atoms with Gasteiger partial charge in [0.25, 0.3) is 0 Å². The van der Waals surface area contributed by atoms with Crippen LogP contribution < -0.4 is 9.62 Å². The van der Waals surface area contributed by atoms with Gasteiger partial charge < -0.3 is 4.90 Å². The van der Waals surface area contributed by atoms with Crippen LogP contribution in [-0.2, 0) is 23.1 Å². The predicted octanol–water partition coefficient (Wildman–Crippen LogP) is 1.39. The Labute approximate surface area is 148 Å². The monoisotopic (exact) mass is 364 g/mol. The van der Waals surface area contributed by atoms with Gasteiger partial charge in [0.05, 0.1) is 23.6 Å². The minimum absolute atomic E-state index is 0.127. The van der Waals surface area contributed by atoms with Gasteiger partial charge in [0.2, 0.25) is 16.0 Å². The number of nitrogens with zero attached hydrogens (tertiary/aromatic N) is 5. The van der Waals surface area contributed by atoms with Gasteiger partial charge in [-0.05, 0) is 39.7 Å². The van der Waals surface area contributed by atoms with Crippen molar-refractivity contribution in [1.29, 1.82) is 0 Å². The quantitative estimate of drug-likeness (QED) is 0.833. The zero-order chi connectivity index (χ0) is 18.0. The van der Waals surface area contributed by atoms with Crippen molar-refractivity contribution < 1.29 is 8.42 Å². The number of rotatable bonds is 6. The Hall–Kier alpha value is -2.00. The van der Waals surface area contributed by atoms with Gasteiger partial charge in [-0.2, -0.15) is 5.10 Å². The summed E-state index contributed by atoms with van der Waals surface area (Å²) in [5, 5.41) is 4.28. The first kappa shape index (κ1) is 17.8. The zero-order valence-electron chi connectivity index (χ0n) is 14.9. The Kier molecular flexibility index (Phi) is 5.05. The van der Waals surface area contributed by atoms with Crippen molar-refractivity contribution in [3.8, 4) is 0 Å². The number of nitrogens with one attached hydrogen (secondary N) is 1. The first-order chi connectivity index (χ1) is 11.9. The molecule has 0 saturated carbocycles. The first-order valence-corrected chi connectivity index (χ1v) is 10.0. The van der Waals surface area contributed by atoms with Crippen molar-refractivity contribution >= 4 is 16.0 Å². The first-order valence-electron chi connectivity index (χ1n) is 8.53. The maximum atomic E-state index is 12.7. The molecule has 136 valence electrons. The lowest BCUT2D eigenvalue weighted by molar-refractivity contribution is 0.578. The van der Waals surface area contributed by atoms with Crippen molar-refractivity contribution in [2.45, 2.75) is 51.6 Å². The van der Waals surface area contributed by atoms with E-state index >= 15 is 0 Å². The van der Waals surface area contributed by atoms with Crippen LogP contribution in [0.1, 0.15) is 36.8 Å². The average Bonchev–Trinajstić information content (AvgIpc) is 3.21. The molecular weight excluding hydrogens is 340 g/mol. The molecule has 0 aromatic carbocycles.